The van der Waals surface area contributed by atoms with Gasteiger partial charge in [0.25, 0.3) is 5.91 Å². The summed E-state index contributed by atoms with van der Waals surface area (Å²) in [5.41, 5.74) is 0.629. The summed E-state index contributed by atoms with van der Waals surface area (Å²) in [7, 11) is 0. The van der Waals surface area contributed by atoms with Crippen molar-refractivity contribution >= 4 is 5.91 Å². The van der Waals surface area contributed by atoms with Crippen LogP contribution in [-0.4, -0.2) is 29.6 Å². The fraction of sp³-hybridized carbons (Fsp3) is 0.500. The van der Waals surface area contributed by atoms with E-state index in [1.165, 1.54) is 12.3 Å². The van der Waals surface area contributed by atoms with Crippen molar-refractivity contribution in [3.63, 3.8) is 0 Å². The van der Waals surface area contributed by atoms with Gasteiger partial charge in [0.1, 0.15) is 5.56 Å². The number of hydrogen-bond donors (Lipinski definition) is 2. The number of aromatic nitrogens is 1. The molecule has 0 saturated carbocycles. The average Bonchev–Trinajstić information content (AvgIpc) is 2.64. The molecule has 2 heterocycles. The van der Waals surface area contributed by atoms with E-state index in [-0.39, 0.29) is 29.0 Å². The lowest BCUT2D eigenvalue weighted by Gasteiger charge is -2.15. The maximum absolute atomic E-state index is 11.9. The molecule has 2 rings (SSSR count). The van der Waals surface area contributed by atoms with Crippen molar-refractivity contribution in [1.82, 2.24) is 10.3 Å². The van der Waals surface area contributed by atoms with Gasteiger partial charge < -0.3 is 15.0 Å². The summed E-state index contributed by atoms with van der Waals surface area (Å²) < 4.78 is 5.35. The molecule has 0 aromatic carbocycles. The summed E-state index contributed by atoms with van der Waals surface area (Å²) in [5, 5.41) is 2.82. The summed E-state index contributed by atoms with van der Waals surface area (Å²) in [6, 6.07) is 1.41. The van der Waals surface area contributed by atoms with Gasteiger partial charge in [-0.3, -0.25) is 9.59 Å². The number of carbonyl (C=O) groups excluding carboxylic acids is 1. The van der Waals surface area contributed by atoms with Gasteiger partial charge in [-0.1, -0.05) is 0 Å². The molecule has 5 heteroatoms. The van der Waals surface area contributed by atoms with Gasteiger partial charge in [0, 0.05) is 24.6 Å². The van der Waals surface area contributed by atoms with E-state index in [1.807, 2.05) is 6.92 Å². The number of amides is 1. The van der Waals surface area contributed by atoms with Crippen molar-refractivity contribution in [2.75, 3.05) is 6.61 Å². The maximum Gasteiger partial charge on any atom is 0.257 e. The van der Waals surface area contributed by atoms with Crippen molar-refractivity contribution in [2.24, 2.45) is 0 Å². The Morgan fingerprint density at radius 1 is 1.59 bits per heavy atom. The summed E-state index contributed by atoms with van der Waals surface area (Å²) >= 11 is 0. The number of nitrogens with one attached hydrogen (secondary N) is 2. The van der Waals surface area contributed by atoms with Crippen LogP contribution < -0.4 is 10.7 Å². The van der Waals surface area contributed by atoms with E-state index < -0.39 is 0 Å². The highest BCUT2D eigenvalue weighted by atomic mass is 16.5. The van der Waals surface area contributed by atoms with E-state index >= 15 is 0 Å². The summed E-state index contributed by atoms with van der Waals surface area (Å²) in [6.07, 6.45) is 2.24. The molecule has 1 saturated heterocycles. The Morgan fingerprint density at radius 3 is 2.94 bits per heavy atom. The summed E-state index contributed by atoms with van der Waals surface area (Å²) in [5.74, 6) is -0.339. The van der Waals surface area contributed by atoms with Crippen LogP contribution in [0.25, 0.3) is 0 Å². The van der Waals surface area contributed by atoms with Gasteiger partial charge >= 0.3 is 0 Å². The molecule has 0 radical (unpaired) electrons. The van der Waals surface area contributed by atoms with E-state index in [2.05, 4.69) is 10.3 Å². The maximum atomic E-state index is 11.9. The number of aromatic amines is 1. The van der Waals surface area contributed by atoms with Gasteiger partial charge in [-0.2, -0.15) is 0 Å². The highest BCUT2D eigenvalue weighted by molar-refractivity contribution is 5.94. The predicted octanol–water partition coefficient (Wildman–Crippen LogP) is 0.591. The normalized spacial score (nSPS) is 23.6. The minimum absolute atomic E-state index is 0.00322. The lowest BCUT2D eigenvalue weighted by Crippen LogP contribution is -2.40. The lowest BCUT2D eigenvalue weighted by molar-refractivity contribution is 0.0865. The zero-order valence-electron chi connectivity index (χ0n) is 9.95. The highest BCUT2D eigenvalue weighted by Gasteiger charge is 2.26. The molecule has 2 N–H and O–H groups in total. The Kier molecular flexibility index (Phi) is 3.28. The van der Waals surface area contributed by atoms with Crippen LogP contribution >= 0.6 is 0 Å². The van der Waals surface area contributed by atoms with E-state index in [0.717, 1.165) is 12.1 Å². The van der Waals surface area contributed by atoms with E-state index in [1.54, 1.807) is 6.92 Å². The van der Waals surface area contributed by atoms with Crippen molar-refractivity contribution in [2.45, 2.75) is 32.4 Å². The van der Waals surface area contributed by atoms with Crippen LogP contribution in [0, 0.1) is 6.92 Å². The third-order valence-electron chi connectivity index (χ3n) is 2.99. The number of rotatable bonds is 2. The van der Waals surface area contributed by atoms with Gasteiger partial charge in [0.05, 0.1) is 12.1 Å². The molecule has 1 amide bonds. The molecule has 1 aliphatic rings. The molecule has 0 aliphatic carbocycles. The molecule has 1 aromatic rings. The monoisotopic (exact) mass is 236 g/mol. The van der Waals surface area contributed by atoms with E-state index in [4.69, 9.17) is 4.74 Å². The second kappa shape index (κ2) is 4.71. The molecule has 0 spiro atoms. The SMILES string of the molecule is Cc1cc(=O)c(C(=O)NC2CCOC2C)c[nH]1. The third kappa shape index (κ3) is 2.55. The quantitative estimate of drug-likeness (QED) is 0.789. The van der Waals surface area contributed by atoms with Crippen LogP contribution in [0.1, 0.15) is 29.4 Å². The second-order valence-corrected chi connectivity index (χ2v) is 4.34. The first kappa shape index (κ1) is 11.9. The van der Waals surface area contributed by atoms with Crippen LogP contribution in [-0.2, 0) is 4.74 Å². The van der Waals surface area contributed by atoms with Gasteiger partial charge in [0.15, 0.2) is 5.43 Å². The standard InChI is InChI=1S/C12H16N2O3/c1-7-5-11(15)9(6-13-7)12(16)14-10-3-4-17-8(10)2/h5-6,8,10H,3-4H2,1-2H3,(H,13,15)(H,14,16). The van der Waals surface area contributed by atoms with Gasteiger partial charge in [0.2, 0.25) is 0 Å². The predicted molar refractivity (Wildman–Crippen MR) is 63.1 cm³/mol. The number of pyridine rings is 1. The molecule has 17 heavy (non-hydrogen) atoms. The first-order valence-corrected chi connectivity index (χ1v) is 5.69. The average molecular weight is 236 g/mol. The molecule has 0 bridgehead atoms. The van der Waals surface area contributed by atoms with E-state index in [9.17, 15) is 9.59 Å². The van der Waals surface area contributed by atoms with Gasteiger partial charge in [-0.15, -0.1) is 0 Å². The van der Waals surface area contributed by atoms with E-state index in [0.29, 0.717) is 6.61 Å². The zero-order chi connectivity index (χ0) is 12.4. The van der Waals surface area contributed by atoms with Gasteiger partial charge in [-0.25, -0.2) is 0 Å². The second-order valence-electron chi connectivity index (χ2n) is 4.34. The molecular formula is C12H16N2O3. The molecular weight excluding hydrogens is 220 g/mol. The van der Waals surface area contributed by atoms with Crippen LogP contribution in [0.15, 0.2) is 17.1 Å². The Bertz CT molecular complexity index is 481. The van der Waals surface area contributed by atoms with Crippen molar-refractivity contribution < 1.29 is 9.53 Å². The van der Waals surface area contributed by atoms with Gasteiger partial charge in [-0.05, 0) is 20.3 Å². The van der Waals surface area contributed by atoms with Crippen LogP contribution in [0.2, 0.25) is 0 Å². The van der Waals surface area contributed by atoms with Crippen LogP contribution in [0.5, 0.6) is 0 Å². The topological polar surface area (TPSA) is 71.2 Å². The smallest absolute Gasteiger partial charge is 0.257 e. The van der Waals surface area contributed by atoms with Crippen molar-refractivity contribution in [3.8, 4) is 0 Å². The lowest BCUT2D eigenvalue weighted by atomic mass is 10.1. The number of ether oxygens (including phenoxy) is 1. The van der Waals surface area contributed by atoms with Crippen molar-refractivity contribution in [1.29, 1.82) is 0 Å². The minimum Gasteiger partial charge on any atom is -0.376 e. The number of H-pyrrole nitrogens is 1. The van der Waals surface area contributed by atoms with Crippen LogP contribution in [0.3, 0.4) is 0 Å². The fourth-order valence-corrected chi connectivity index (χ4v) is 1.92. The number of hydrogen-bond acceptors (Lipinski definition) is 3. The molecule has 92 valence electrons. The zero-order valence-corrected chi connectivity index (χ0v) is 9.95. The Morgan fingerprint density at radius 2 is 2.35 bits per heavy atom. The molecule has 1 aliphatic heterocycles. The first-order valence-electron chi connectivity index (χ1n) is 5.69. The molecule has 1 fully saturated rings. The van der Waals surface area contributed by atoms with Crippen LogP contribution in [0.4, 0.5) is 0 Å². The molecule has 5 nitrogen and oxygen atoms in total. The summed E-state index contributed by atoms with van der Waals surface area (Å²) in [4.78, 5) is 26.4. The summed E-state index contributed by atoms with van der Waals surface area (Å²) in [6.45, 7) is 4.34. The first-order chi connectivity index (χ1) is 8.08. The Hall–Kier alpha value is -1.62. The minimum atomic E-state index is -0.339. The fourth-order valence-electron chi connectivity index (χ4n) is 1.92. The Labute approximate surface area is 99.2 Å². The van der Waals surface area contributed by atoms with Crippen molar-refractivity contribution in [3.05, 3.63) is 33.7 Å². The Balaban J connectivity index is 2.12. The molecule has 2 atom stereocenters. The third-order valence-corrected chi connectivity index (χ3v) is 2.99. The largest absolute Gasteiger partial charge is 0.376 e. The molecule has 2 unspecified atom stereocenters. The number of carbonyl (C=O) groups is 1. The molecule has 1 aromatic heterocycles. The number of aryl methyl sites for hydroxylation is 1. The highest BCUT2D eigenvalue weighted by Crippen LogP contribution is 2.12.